The molecule has 0 amide bonds. The maximum absolute atomic E-state index is 14.8. The first kappa shape index (κ1) is 20.3. The van der Waals surface area contributed by atoms with Crippen molar-refractivity contribution in [3.8, 4) is 11.8 Å². The van der Waals surface area contributed by atoms with Crippen molar-refractivity contribution < 1.29 is 35.8 Å². The maximum atomic E-state index is 14.8. The summed E-state index contributed by atoms with van der Waals surface area (Å²) >= 11 is -0.611. The summed E-state index contributed by atoms with van der Waals surface area (Å²) in [6.07, 6.45) is 5.42. The third-order valence-electron chi connectivity index (χ3n) is 8.11. The van der Waals surface area contributed by atoms with Crippen molar-refractivity contribution >= 4 is 0 Å². The number of phenols is 1. The molecule has 30 heavy (non-hydrogen) atoms. The number of aliphatic hydroxyl groups is 1. The minimum absolute atomic E-state index is 0.109. The molecular formula is C25H26FINO2-. The molecule has 158 valence electrons. The van der Waals surface area contributed by atoms with Gasteiger partial charge in [-0.2, -0.15) is 0 Å². The van der Waals surface area contributed by atoms with Crippen LogP contribution < -0.4 is 21.2 Å². The number of fused-ring (bicyclic) bond motifs is 5. The van der Waals surface area contributed by atoms with Gasteiger partial charge in [-0.05, 0) is 0 Å². The molecule has 2 aromatic rings. The number of phenolic OH excluding ortho intramolecular Hbond substituents is 1. The van der Waals surface area contributed by atoms with Crippen LogP contribution in [0.3, 0.4) is 0 Å². The molecule has 3 aliphatic carbocycles. The zero-order valence-electron chi connectivity index (χ0n) is 17.0. The monoisotopic (exact) mass is 518 g/mol. The van der Waals surface area contributed by atoms with Crippen molar-refractivity contribution in [2.24, 2.45) is 17.3 Å². The van der Waals surface area contributed by atoms with Crippen LogP contribution in [-0.4, -0.2) is 13.8 Å². The van der Waals surface area contributed by atoms with Gasteiger partial charge in [-0.1, -0.05) is 0 Å². The molecule has 5 atom stereocenters. The van der Waals surface area contributed by atoms with Crippen molar-refractivity contribution in [2.45, 2.75) is 55.0 Å². The first-order valence-corrected chi connectivity index (χ1v) is 12.9. The second kappa shape index (κ2) is 7.20. The first-order valence-electron chi connectivity index (χ1n) is 10.7. The van der Waals surface area contributed by atoms with Crippen LogP contribution in [0.5, 0.6) is 5.75 Å². The molecule has 0 saturated heterocycles. The number of alkyl halides is 1. The Labute approximate surface area is 187 Å². The average molecular weight is 518 g/mol. The average Bonchev–Trinajstić information content (AvgIpc) is 3.00. The van der Waals surface area contributed by atoms with E-state index in [1.807, 2.05) is 24.3 Å². The Bertz CT molecular complexity index is 1030. The third-order valence-corrected chi connectivity index (χ3v) is 12.1. The van der Waals surface area contributed by atoms with Crippen LogP contribution in [-0.2, 0) is 6.42 Å². The fourth-order valence-electron chi connectivity index (χ4n) is 6.51. The number of nitrogens with zero attached hydrogens (tertiary/aromatic N) is 1. The number of hydrogen-bond acceptors (Lipinski definition) is 3. The van der Waals surface area contributed by atoms with E-state index in [2.05, 4.69) is 6.92 Å². The van der Waals surface area contributed by atoms with E-state index in [1.165, 1.54) is 0 Å². The molecule has 3 unspecified atom stereocenters. The van der Waals surface area contributed by atoms with Crippen molar-refractivity contribution in [3.63, 3.8) is 0 Å². The standard InChI is InChI=1S/C25H26FINO2/c1-24-12-10-19-18-7-2-15(14-28)23(26)21(18)9-8-20(19)22(24)11-13-25(24,30)27-16-3-5-17(29)6-4-16/h2-7,19-20,22,29-30H,8-13H2,1H3/q-1/t19?,20?,22?,24-,25-/m0/s1. The summed E-state index contributed by atoms with van der Waals surface area (Å²) < 4.78 is 15.3. The Morgan fingerprint density at radius 2 is 1.87 bits per heavy atom. The Balaban J connectivity index is 1.45. The zero-order chi connectivity index (χ0) is 21.1. The fourth-order valence-corrected chi connectivity index (χ4v) is 10.1. The molecule has 2 saturated carbocycles. The summed E-state index contributed by atoms with van der Waals surface area (Å²) in [5.74, 6) is 1.20. The van der Waals surface area contributed by atoms with Crippen LogP contribution in [0, 0.1) is 38.0 Å². The molecule has 0 aromatic heterocycles. The predicted molar refractivity (Wildman–Crippen MR) is 107 cm³/mol. The first-order chi connectivity index (χ1) is 14.4. The summed E-state index contributed by atoms with van der Waals surface area (Å²) in [5.41, 5.74) is 1.90. The van der Waals surface area contributed by atoms with Crippen molar-refractivity contribution in [1.29, 1.82) is 5.26 Å². The molecule has 0 aliphatic heterocycles. The Morgan fingerprint density at radius 1 is 1.10 bits per heavy atom. The number of nitriles is 1. The van der Waals surface area contributed by atoms with Gasteiger partial charge in [-0.25, -0.2) is 0 Å². The Kier molecular flexibility index (Phi) is 4.86. The summed E-state index contributed by atoms with van der Waals surface area (Å²) in [4.78, 5) is 0. The van der Waals surface area contributed by atoms with Crippen LogP contribution in [0.4, 0.5) is 4.39 Å². The van der Waals surface area contributed by atoms with E-state index in [1.54, 1.807) is 18.2 Å². The molecule has 0 radical (unpaired) electrons. The van der Waals surface area contributed by atoms with Crippen LogP contribution in [0.25, 0.3) is 0 Å². The van der Waals surface area contributed by atoms with E-state index in [0.29, 0.717) is 24.2 Å². The number of aromatic hydroxyl groups is 1. The van der Waals surface area contributed by atoms with Gasteiger partial charge in [0.15, 0.2) is 0 Å². The summed E-state index contributed by atoms with van der Waals surface area (Å²) in [7, 11) is 0. The normalized spacial score (nSPS) is 34.7. The molecule has 3 nitrogen and oxygen atoms in total. The summed E-state index contributed by atoms with van der Waals surface area (Å²) in [6, 6.07) is 12.9. The van der Waals surface area contributed by atoms with E-state index < -0.39 is 24.8 Å². The molecule has 2 N–H and O–H groups in total. The van der Waals surface area contributed by atoms with Gasteiger partial charge in [0, 0.05) is 0 Å². The molecule has 5 rings (SSSR count). The van der Waals surface area contributed by atoms with Crippen molar-refractivity contribution in [3.05, 3.63) is 62.5 Å². The van der Waals surface area contributed by atoms with E-state index in [-0.39, 0.29) is 22.5 Å². The van der Waals surface area contributed by atoms with Crippen LogP contribution in [0.2, 0.25) is 0 Å². The van der Waals surface area contributed by atoms with E-state index in [0.717, 1.165) is 46.8 Å². The van der Waals surface area contributed by atoms with Crippen molar-refractivity contribution in [2.75, 3.05) is 0 Å². The molecule has 3 aliphatic rings. The van der Waals surface area contributed by atoms with E-state index in [4.69, 9.17) is 0 Å². The van der Waals surface area contributed by atoms with Crippen molar-refractivity contribution in [1.82, 2.24) is 0 Å². The molecule has 2 fully saturated rings. The van der Waals surface area contributed by atoms with Gasteiger partial charge in [0.05, 0.1) is 0 Å². The number of halogens is 2. The van der Waals surface area contributed by atoms with Gasteiger partial charge < -0.3 is 0 Å². The summed E-state index contributed by atoms with van der Waals surface area (Å²) in [6.45, 7) is 2.29. The third kappa shape index (κ3) is 2.90. The van der Waals surface area contributed by atoms with Crippen LogP contribution in [0.1, 0.15) is 61.6 Å². The van der Waals surface area contributed by atoms with Gasteiger partial charge in [-0.15, -0.1) is 0 Å². The van der Waals surface area contributed by atoms with E-state index >= 15 is 0 Å². The number of hydrogen-bond donors (Lipinski definition) is 2. The Morgan fingerprint density at radius 3 is 2.60 bits per heavy atom. The topological polar surface area (TPSA) is 64.2 Å². The quantitative estimate of drug-likeness (QED) is 0.472. The van der Waals surface area contributed by atoms with E-state index in [9.17, 15) is 19.9 Å². The van der Waals surface area contributed by atoms with Crippen LogP contribution >= 0.6 is 0 Å². The zero-order valence-corrected chi connectivity index (χ0v) is 19.2. The van der Waals surface area contributed by atoms with Gasteiger partial charge in [0.2, 0.25) is 0 Å². The molecule has 2 aromatic carbocycles. The number of rotatable bonds is 2. The van der Waals surface area contributed by atoms with Crippen LogP contribution in [0.15, 0.2) is 36.4 Å². The second-order valence-corrected chi connectivity index (χ2v) is 12.9. The summed E-state index contributed by atoms with van der Waals surface area (Å²) in [5, 5.41) is 30.6. The fraction of sp³-hybridized carbons (Fsp3) is 0.480. The molecule has 0 spiro atoms. The number of benzene rings is 2. The van der Waals surface area contributed by atoms with Gasteiger partial charge >= 0.3 is 188 Å². The second-order valence-electron chi connectivity index (χ2n) is 9.35. The predicted octanol–water partition coefficient (Wildman–Crippen LogP) is 1.91. The molecule has 0 bridgehead atoms. The van der Waals surface area contributed by atoms with Gasteiger partial charge in [-0.3, -0.25) is 0 Å². The SMILES string of the molecule is C[C@]12CCC3c4ccc(C#N)c(F)c4CCC3C1CC[C@@]2(O)[I-]c1ccc(O)cc1. The molecule has 0 heterocycles. The molecular weight excluding hydrogens is 492 g/mol. The minimum atomic E-state index is -0.644. The van der Waals surface area contributed by atoms with Gasteiger partial charge in [0.25, 0.3) is 0 Å². The Hall–Kier alpha value is -1.65. The molecule has 5 heteroatoms. The van der Waals surface area contributed by atoms with Gasteiger partial charge in [0.1, 0.15) is 0 Å².